The first-order valence-corrected chi connectivity index (χ1v) is 10.9. The first-order valence-electron chi connectivity index (χ1n) is 10.9. The molecule has 34 heavy (non-hydrogen) atoms. The Morgan fingerprint density at radius 1 is 1.15 bits per heavy atom. The van der Waals surface area contributed by atoms with Gasteiger partial charge in [0.1, 0.15) is 17.6 Å². The monoisotopic (exact) mass is 490 g/mol. The molecule has 2 aromatic heterocycles. The van der Waals surface area contributed by atoms with Gasteiger partial charge in [-0.25, -0.2) is 9.97 Å². The van der Waals surface area contributed by atoms with Crippen LogP contribution in [-0.2, 0) is 30.4 Å². The van der Waals surface area contributed by atoms with Crippen LogP contribution >= 0.6 is 13.5 Å². The van der Waals surface area contributed by atoms with Gasteiger partial charge in [-0.15, -0.1) is 0 Å². The van der Waals surface area contributed by atoms with Gasteiger partial charge in [-0.3, -0.25) is 9.48 Å². The van der Waals surface area contributed by atoms with Gasteiger partial charge < -0.3 is 9.80 Å². The van der Waals surface area contributed by atoms with Gasteiger partial charge in [0, 0.05) is 26.2 Å². The Balaban J connectivity index is 0.00000274. The number of nitrogens with zero attached hydrogens (tertiary/aromatic N) is 6. The molecule has 3 aromatic rings. The Morgan fingerprint density at radius 2 is 1.94 bits per heavy atom. The SMILES string of the molecule is CN1C(=O)[C@@H]2CCCN2c2nc(CCc3cnn(Cc4ccccc4C(F)(F)F)c3)ncc21.S. The maximum Gasteiger partial charge on any atom is 0.416 e. The Labute approximate surface area is 202 Å². The number of hydrogen-bond acceptors (Lipinski definition) is 5. The molecule has 180 valence electrons. The standard InChI is InChI=1S/C23H23F3N6O.H2S/c1-30-19-12-27-20(29-21(19)32-10-4-7-18(32)22(30)33)9-8-15-11-28-31(13-15)14-16-5-2-3-6-17(16)23(24,25)26;/h2-3,5-6,11-13,18H,4,7-10,14H2,1H3;1H2/t18-;/m0./s1. The first-order chi connectivity index (χ1) is 15.8. The quantitative estimate of drug-likeness (QED) is 0.547. The fraction of sp³-hybridized carbons (Fsp3) is 0.391. The van der Waals surface area contributed by atoms with E-state index in [4.69, 9.17) is 4.98 Å². The van der Waals surface area contributed by atoms with E-state index in [9.17, 15) is 18.0 Å². The molecule has 0 unspecified atom stereocenters. The van der Waals surface area contributed by atoms with E-state index in [-0.39, 0.29) is 37.6 Å². The van der Waals surface area contributed by atoms with E-state index in [0.29, 0.717) is 18.7 Å². The van der Waals surface area contributed by atoms with Crippen molar-refractivity contribution in [1.29, 1.82) is 0 Å². The topological polar surface area (TPSA) is 67.2 Å². The van der Waals surface area contributed by atoms with Crippen LogP contribution in [0, 0.1) is 0 Å². The minimum Gasteiger partial charge on any atom is -0.343 e. The van der Waals surface area contributed by atoms with Crippen LogP contribution < -0.4 is 9.80 Å². The van der Waals surface area contributed by atoms with E-state index in [1.54, 1.807) is 36.6 Å². The molecule has 1 saturated heterocycles. The molecule has 11 heteroatoms. The van der Waals surface area contributed by atoms with Crippen molar-refractivity contribution >= 4 is 30.9 Å². The number of alkyl halides is 3. The Bertz CT molecular complexity index is 1200. The highest BCUT2D eigenvalue weighted by atomic mass is 32.1. The van der Waals surface area contributed by atoms with Crippen molar-refractivity contribution in [2.75, 3.05) is 23.4 Å². The lowest BCUT2D eigenvalue weighted by molar-refractivity contribution is -0.138. The summed E-state index contributed by atoms with van der Waals surface area (Å²) < 4.78 is 41.2. The number of hydrogen-bond donors (Lipinski definition) is 0. The number of carbonyl (C=O) groups is 1. The Morgan fingerprint density at radius 3 is 2.74 bits per heavy atom. The molecule has 0 N–H and O–H groups in total. The number of aryl methyl sites for hydroxylation is 2. The highest BCUT2D eigenvalue weighted by molar-refractivity contribution is 7.59. The Kier molecular flexibility index (Phi) is 6.57. The van der Waals surface area contributed by atoms with E-state index in [0.717, 1.165) is 42.5 Å². The van der Waals surface area contributed by atoms with Gasteiger partial charge in [0.15, 0.2) is 5.82 Å². The van der Waals surface area contributed by atoms with Crippen molar-refractivity contribution < 1.29 is 18.0 Å². The molecule has 0 aliphatic carbocycles. The van der Waals surface area contributed by atoms with Crippen molar-refractivity contribution in [3.05, 3.63) is 65.4 Å². The third-order valence-electron chi connectivity index (χ3n) is 6.28. The van der Waals surface area contributed by atoms with Gasteiger partial charge in [0.05, 0.1) is 24.5 Å². The van der Waals surface area contributed by atoms with E-state index >= 15 is 0 Å². The van der Waals surface area contributed by atoms with E-state index in [2.05, 4.69) is 15.0 Å². The molecule has 1 atom stereocenters. The van der Waals surface area contributed by atoms with Crippen molar-refractivity contribution in [3.63, 3.8) is 0 Å². The number of carbonyl (C=O) groups excluding carboxylic acids is 1. The number of aromatic nitrogens is 4. The van der Waals surface area contributed by atoms with E-state index in [1.165, 1.54) is 16.8 Å². The molecule has 5 rings (SSSR count). The van der Waals surface area contributed by atoms with Gasteiger partial charge >= 0.3 is 6.18 Å². The van der Waals surface area contributed by atoms with Crippen LogP contribution in [0.4, 0.5) is 24.7 Å². The van der Waals surface area contributed by atoms with Gasteiger partial charge in [0.2, 0.25) is 5.91 Å². The summed E-state index contributed by atoms with van der Waals surface area (Å²) in [4.78, 5) is 25.4. The lowest BCUT2D eigenvalue weighted by atomic mass is 10.1. The van der Waals surface area contributed by atoms with Crippen molar-refractivity contribution in [2.45, 2.75) is 44.4 Å². The zero-order chi connectivity index (χ0) is 23.2. The highest BCUT2D eigenvalue weighted by Gasteiger charge is 2.40. The van der Waals surface area contributed by atoms with Gasteiger partial charge in [-0.1, -0.05) is 18.2 Å². The van der Waals surface area contributed by atoms with Gasteiger partial charge in [-0.2, -0.15) is 31.8 Å². The number of anilines is 2. The Hall–Kier alpha value is -3.08. The summed E-state index contributed by atoms with van der Waals surface area (Å²) in [5.41, 5.74) is 1.15. The summed E-state index contributed by atoms with van der Waals surface area (Å²) in [6.45, 7) is 0.849. The van der Waals surface area contributed by atoms with Crippen LogP contribution in [-0.4, -0.2) is 45.3 Å². The zero-order valence-corrected chi connectivity index (χ0v) is 19.6. The van der Waals surface area contributed by atoms with Crippen molar-refractivity contribution in [1.82, 2.24) is 19.7 Å². The number of likely N-dealkylation sites (N-methyl/N-ethyl adjacent to an activating group) is 1. The van der Waals surface area contributed by atoms with Gasteiger partial charge in [-0.05, 0) is 36.5 Å². The van der Waals surface area contributed by atoms with Crippen LogP contribution in [0.3, 0.4) is 0 Å². The predicted molar refractivity (Wildman–Crippen MR) is 126 cm³/mol. The third kappa shape index (κ3) is 4.48. The first kappa shape index (κ1) is 24.1. The summed E-state index contributed by atoms with van der Waals surface area (Å²) >= 11 is 0. The molecular weight excluding hydrogens is 465 g/mol. The normalized spacial score (nSPS) is 17.4. The lowest BCUT2D eigenvalue weighted by Gasteiger charge is -2.36. The average Bonchev–Trinajstić information content (AvgIpc) is 3.45. The number of fused-ring (bicyclic) bond motifs is 3. The number of amides is 1. The summed E-state index contributed by atoms with van der Waals surface area (Å²) in [5.74, 6) is 1.54. The van der Waals surface area contributed by atoms with Crippen LogP contribution in [0.1, 0.15) is 35.4 Å². The summed E-state index contributed by atoms with van der Waals surface area (Å²) in [5, 5.41) is 4.24. The molecule has 0 saturated carbocycles. The molecule has 1 amide bonds. The average molecular weight is 491 g/mol. The molecule has 1 fully saturated rings. The second-order valence-corrected chi connectivity index (χ2v) is 8.44. The number of halogens is 3. The third-order valence-corrected chi connectivity index (χ3v) is 6.28. The number of rotatable bonds is 5. The van der Waals surface area contributed by atoms with Crippen molar-refractivity contribution in [2.24, 2.45) is 0 Å². The lowest BCUT2D eigenvalue weighted by Crippen LogP contribution is -2.49. The second kappa shape index (κ2) is 9.28. The summed E-state index contributed by atoms with van der Waals surface area (Å²) in [7, 11) is 1.76. The van der Waals surface area contributed by atoms with Crippen LogP contribution in [0.2, 0.25) is 0 Å². The molecule has 0 bridgehead atoms. The smallest absolute Gasteiger partial charge is 0.343 e. The fourth-order valence-corrected chi connectivity index (χ4v) is 4.58. The van der Waals surface area contributed by atoms with E-state index in [1.807, 2.05) is 0 Å². The minimum absolute atomic E-state index is 0. The molecule has 0 spiro atoms. The molecule has 0 radical (unpaired) electrons. The number of benzene rings is 1. The van der Waals surface area contributed by atoms with Gasteiger partial charge in [0.25, 0.3) is 0 Å². The molecule has 2 aliphatic heterocycles. The largest absolute Gasteiger partial charge is 0.416 e. The van der Waals surface area contributed by atoms with Crippen LogP contribution in [0.15, 0.2) is 42.9 Å². The fourth-order valence-electron chi connectivity index (χ4n) is 4.58. The zero-order valence-electron chi connectivity index (χ0n) is 18.6. The molecule has 1 aromatic carbocycles. The summed E-state index contributed by atoms with van der Waals surface area (Å²) in [6.07, 6.45) is 3.68. The maximum absolute atomic E-state index is 13.2. The van der Waals surface area contributed by atoms with E-state index < -0.39 is 11.7 Å². The van der Waals surface area contributed by atoms with Crippen LogP contribution in [0.25, 0.3) is 0 Å². The maximum atomic E-state index is 13.2. The molecule has 7 nitrogen and oxygen atoms in total. The molecule has 2 aliphatic rings. The summed E-state index contributed by atoms with van der Waals surface area (Å²) in [6, 6.07) is 5.39. The highest BCUT2D eigenvalue weighted by Crippen LogP contribution is 2.37. The molecular formula is C23H25F3N6OS. The predicted octanol–water partition coefficient (Wildman–Crippen LogP) is 3.58. The van der Waals surface area contributed by atoms with Crippen molar-refractivity contribution in [3.8, 4) is 0 Å². The minimum atomic E-state index is -4.40. The van der Waals surface area contributed by atoms with Crippen LogP contribution in [0.5, 0.6) is 0 Å². The molecule has 4 heterocycles. The second-order valence-electron chi connectivity index (χ2n) is 8.44.